The number of aryl methyl sites for hydroxylation is 1. The minimum absolute atomic E-state index is 0.0658. The van der Waals surface area contributed by atoms with Gasteiger partial charge < -0.3 is 5.32 Å². The molecule has 0 saturated carbocycles. The van der Waals surface area contributed by atoms with Gasteiger partial charge in [-0.25, -0.2) is 8.42 Å². The minimum Gasteiger partial charge on any atom is -0.352 e. The Kier molecular flexibility index (Phi) is 8.53. The van der Waals surface area contributed by atoms with Crippen LogP contribution < -0.4 is 10.0 Å². The van der Waals surface area contributed by atoms with Crippen molar-refractivity contribution in [1.29, 1.82) is 0 Å². The second-order valence-corrected chi connectivity index (χ2v) is 9.30. The Bertz CT molecular complexity index is 945. The van der Waals surface area contributed by atoms with E-state index in [1.54, 1.807) is 18.2 Å². The molecule has 0 saturated heterocycles. The normalized spacial score (nSPS) is 12.4. The zero-order valence-electron chi connectivity index (χ0n) is 17.2. The summed E-state index contributed by atoms with van der Waals surface area (Å²) in [6.07, 6.45) is 4.30. The Morgan fingerprint density at radius 2 is 1.90 bits per heavy atom. The molecule has 0 unspecified atom stereocenters. The number of carbonyl (C=O) groups excluding carboxylic acids is 1. The molecule has 0 aliphatic carbocycles. The van der Waals surface area contributed by atoms with Crippen molar-refractivity contribution in [1.82, 2.24) is 5.32 Å². The summed E-state index contributed by atoms with van der Waals surface area (Å²) in [5.74, 6) is 0.112. The maximum atomic E-state index is 12.8. The molecule has 7 heteroatoms. The molecule has 0 aromatic heterocycles. The number of halogens is 1. The van der Waals surface area contributed by atoms with Gasteiger partial charge in [-0.2, -0.15) is 0 Å². The Hall–Kier alpha value is -2.05. The summed E-state index contributed by atoms with van der Waals surface area (Å²) in [5.41, 5.74) is 1.64. The van der Waals surface area contributed by atoms with E-state index in [0.717, 1.165) is 31.2 Å². The van der Waals surface area contributed by atoms with Crippen molar-refractivity contribution in [2.75, 3.05) is 11.3 Å². The number of benzene rings is 2. The third-order valence-electron chi connectivity index (χ3n) is 4.85. The molecule has 1 atom stereocenters. The van der Waals surface area contributed by atoms with Crippen molar-refractivity contribution in [3.8, 4) is 0 Å². The maximum absolute atomic E-state index is 12.8. The van der Waals surface area contributed by atoms with Gasteiger partial charge in [-0.1, -0.05) is 56.8 Å². The standard InChI is InChI=1S/C22H29ClN2O3S/c1-4-6-9-17(5-2)15-24-22(26)18-11-12-20(23)21(14-18)29(27,28)25-19-10-7-8-16(3)13-19/h7-8,10-14,17,25H,4-6,9,15H2,1-3H3,(H,24,26)/t17-/m0/s1. The highest BCUT2D eigenvalue weighted by Gasteiger charge is 2.21. The zero-order chi connectivity index (χ0) is 21.4. The second-order valence-electron chi connectivity index (χ2n) is 7.25. The fourth-order valence-corrected chi connectivity index (χ4v) is 4.63. The van der Waals surface area contributed by atoms with E-state index in [1.807, 2.05) is 13.0 Å². The molecule has 0 bridgehead atoms. The lowest BCUT2D eigenvalue weighted by molar-refractivity contribution is 0.0945. The average Bonchev–Trinajstić information content (AvgIpc) is 2.67. The van der Waals surface area contributed by atoms with E-state index in [9.17, 15) is 13.2 Å². The molecule has 2 aromatic carbocycles. The van der Waals surface area contributed by atoms with Gasteiger partial charge >= 0.3 is 0 Å². The van der Waals surface area contributed by atoms with Crippen molar-refractivity contribution >= 4 is 33.2 Å². The average molecular weight is 437 g/mol. The Labute approximate surface area is 178 Å². The number of amides is 1. The fraction of sp³-hybridized carbons (Fsp3) is 0.409. The smallest absolute Gasteiger partial charge is 0.263 e. The topological polar surface area (TPSA) is 75.3 Å². The van der Waals surface area contributed by atoms with E-state index < -0.39 is 10.0 Å². The highest BCUT2D eigenvalue weighted by atomic mass is 35.5. The molecular formula is C22H29ClN2O3S. The molecule has 2 aromatic rings. The first kappa shape index (κ1) is 23.2. The molecule has 0 radical (unpaired) electrons. The van der Waals surface area contributed by atoms with Gasteiger partial charge in [0.2, 0.25) is 0 Å². The number of nitrogens with one attached hydrogen (secondary N) is 2. The predicted octanol–water partition coefficient (Wildman–Crippen LogP) is 5.40. The lowest BCUT2D eigenvalue weighted by Crippen LogP contribution is -2.29. The van der Waals surface area contributed by atoms with Crippen LogP contribution in [0, 0.1) is 12.8 Å². The van der Waals surface area contributed by atoms with Crippen LogP contribution in [0.5, 0.6) is 0 Å². The number of carbonyl (C=O) groups is 1. The first-order chi connectivity index (χ1) is 13.8. The van der Waals surface area contributed by atoms with Crippen molar-refractivity contribution in [3.05, 3.63) is 58.6 Å². The SMILES string of the molecule is CCCC[C@H](CC)CNC(=O)c1ccc(Cl)c(S(=O)(=O)Nc2cccc(C)c2)c1. The first-order valence-electron chi connectivity index (χ1n) is 9.94. The minimum atomic E-state index is -3.93. The lowest BCUT2D eigenvalue weighted by Gasteiger charge is -2.16. The molecule has 158 valence electrons. The largest absolute Gasteiger partial charge is 0.352 e. The van der Waals surface area contributed by atoms with Crippen LogP contribution >= 0.6 is 11.6 Å². The molecule has 29 heavy (non-hydrogen) atoms. The number of hydrogen-bond acceptors (Lipinski definition) is 3. The van der Waals surface area contributed by atoms with E-state index in [4.69, 9.17) is 11.6 Å². The highest BCUT2D eigenvalue weighted by Crippen LogP contribution is 2.25. The van der Waals surface area contributed by atoms with Crippen LogP contribution in [0.15, 0.2) is 47.4 Å². The Morgan fingerprint density at radius 3 is 2.55 bits per heavy atom. The van der Waals surface area contributed by atoms with Gasteiger partial charge in [-0.05, 0) is 55.2 Å². The molecular weight excluding hydrogens is 408 g/mol. The molecule has 5 nitrogen and oxygen atoms in total. The summed E-state index contributed by atoms with van der Waals surface area (Å²) in [6.45, 7) is 6.70. The van der Waals surface area contributed by atoms with Crippen LogP contribution in [0.1, 0.15) is 55.5 Å². The Balaban J connectivity index is 2.16. The summed E-state index contributed by atoms with van der Waals surface area (Å²) >= 11 is 6.14. The second kappa shape index (κ2) is 10.6. The van der Waals surface area contributed by atoms with Crippen molar-refractivity contribution in [3.63, 3.8) is 0 Å². The van der Waals surface area contributed by atoms with Gasteiger partial charge in [-0.3, -0.25) is 9.52 Å². The first-order valence-corrected chi connectivity index (χ1v) is 11.8. The summed E-state index contributed by atoms with van der Waals surface area (Å²) in [7, 11) is -3.93. The van der Waals surface area contributed by atoms with Gasteiger partial charge in [0, 0.05) is 17.8 Å². The number of sulfonamides is 1. The van der Waals surface area contributed by atoms with E-state index in [-0.39, 0.29) is 21.4 Å². The summed E-state index contributed by atoms with van der Waals surface area (Å²) in [5, 5.41) is 2.98. The number of rotatable bonds is 10. The number of unbranched alkanes of at least 4 members (excludes halogenated alkanes) is 1. The van der Waals surface area contributed by atoms with Gasteiger partial charge in [-0.15, -0.1) is 0 Å². The highest BCUT2D eigenvalue weighted by molar-refractivity contribution is 7.92. The maximum Gasteiger partial charge on any atom is 0.263 e. The van der Waals surface area contributed by atoms with Crippen molar-refractivity contribution < 1.29 is 13.2 Å². The van der Waals surface area contributed by atoms with Crippen LogP contribution in [0.3, 0.4) is 0 Å². The number of hydrogen-bond donors (Lipinski definition) is 2. The molecule has 2 rings (SSSR count). The molecule has 0 spiro atoms. The molecule has 0 aliphatic heterocycles. The van der Waals surface area contributed by atoms with Crippen LogP contribution in [-0.4, -0.2) is 20.9 Å². The molecule has 2 N–H and O–H groups in total. The van der Waals surface area contributed by atoms with Crippen LogP contribution in [0.25, 0.3) is 0 Å². The summed E-state index contributed by atoms with van der Waals surface area (Å²) in [6, 6.07) is 11.3. The van der Waals surface area contributed by atoms with E-state index in [0.29, 0.717) is 18.2 Å². The van der Waals surface area contributed by atoms with Gasteiger partial charge in [0.05, 0.1) is 5.02 Å². The summed E-state index contributed by atoms with van der Waals surface area (Å²) in [4.78, 5) is 12.4. The van der Waals surface area contributed by atoms with E-state index >= 15 is 0 Å². The van der Waals surface area contributed by atoms with E-state index in [2.05, 4.69) is 23.9 Å². The fourth-order valence-electron chi connectivity index (χ4n) is 3.05. The van der Waals surface area contributed by atoms with Crippen LogP contribution in [-0.2, 0) is 10.0 Å². The van der Waals surface area contributed by atoms with Gasteiger partial charge in [0.1, 0.15) is 4.90 Å². The Morgan fingerprint density at radius 1 is 1.14 bits per heavy atom. The van der Waals surface area contributed by atoms with Crippen molar-refractivity contribution in [2.24, 2.45) is 5.92 Å². The number of anilines is 1. The third kappa shape index (κ3) is 6.75. The molecule has 0 aliphatic rings. The van der Waals surface area contributed by atoms with Crippen molar-refractivity contribution in [2.45, 2.75) is 51.3 Å². The van der Waals surface area contributed by atoms with Gasteiger partial charge in [0.15, 0.2) is 0 Å². The van der Waals surface area contributed by atoms with Crippen LogP contribution in [0.4, 0.5) is 5.69 Å². The summed E-state index contributed by atoms with van der Waals surface area (Å²) < 4.78 is 28.1. The third-order valence-corrected chi connectivity index (χ3v) is 6.71. The predicted molar refractivity (Wildman–Crippen MR) is 119 cm³/mol. The van der Waals surface area contributed by atoms with Crippen LogP contribution in [0.2, 0.25) is 5.02 Å². The monoisotopic (exact) mass is 436 g/mol. The molecule has 1 amide bonds. The molecule has 0 heterocycles. The quantitative estimate of drug-likeness (QED) is 0.523. The lowest BCUT2D eigenvalue weighted by atomic mass is 9.99. The van der Waals surface area contributed by atoms with Gasteiger partial charge in [0.25, 0.3) is 15.9 Å². The molecule has 0 fully saturated rings. The van der Waals surface area contributed by atoms with E-state index in [1.165, 1.54) is 18.2 Å². The zero-order valence-corrected chi connectivity index (χ0v) is 18.7.